The first-order chi connectivity index (χ1) is 8.75. The number of rotatable bonds is 4. The summed E-state index contributed by atoms with van der Waals surface area (Å²) in [4.78, 5) is 16.2. The van der Waals surface area contributed by atoms with Gasteiger partial charge in [-0.05, 0) is 51.1 Å². The van der Waals surface area contributed by atoms with Crippen molar-refractivity contribution >= 4 is 6.03 Å². The first-order valence-electron chi connectivity index (χ1n) is 7.51. The molecule has 2 heterocycles. The molecule has 2 rings (SSSR count). The second-order valence-corrected chi connectivity index (χ2v) is 5.83. The average Bonchev–Trinajstić information content (AvgIpc) is 2.88. The third-order valence-electron chi connectivity index (χ3n) is 4.06. The fraction of sp³-hybridized carbons (Fsp3) is 0.929. The molecule has 104 valence electrons. The van der Waals surface area contributed by atoms with Crippen molar-refractivity contribution in [2.45, 2.75) is 39.0 Å². The lowest BCUT2D eigenvalue weighted by Gasteiger charge is -2.30. The van der Waals surface area contributed by atoms with Gasteiger partial charge in [-0.3, -0.25) is 0 Å². The van der Waals surface area contributed by atoms with E-state index in [1.807, 2.05) is 4.90 Å². The molecule has 0 bridgehead atoms. The highest BCUT2D eigenvalue weighted by Crippen LogP contribution is 2.15. The number of amides is 2. The van der Waals surface area contributed by atoms with Crippen LogP contribution in [0.5, 0.6) is 0 Å². The quantitative estimate of drug-likeness (QED) is 0.777. The minimum absolute atomic E-state index is 0.138. The standard InChI is InChI=1S/C14H27N3O/c1-13-6-4-8-16(12-13)9-5-7-15-14(18)17-10-2-3-11-17/h13H,2-12H2,1H3,(H,15,18). The van der Waals surface area contributed by atoms with E-state index in [0.717, 1.165) is 38.5 Å². The number of nitrogens with zero attached hydrogens (tertiary/aromatic N) is 2. The Bertz CT molecular complexity index is 264. The zero-order chi connectivity index (χ0) is 12.8. The third-order valence-corrected chi connectivity index (χ3v) is 4.06. The van der Waals surface area contributed by atoms with Gasteiger partial charge >= 0.3 is 6.03 Å². The Balaban J connectivity index is 1.53. The van der Waals surface area contributed by atoms with E-state index in [2.05, 4.69) is 17.1 Å². The molecule has 0 radical (unpaired) electrons. The molecule has 4 nitrogen and oxygen atoms in total. The van der Waals surface area contributed by atoms with Crippen molar-refractivity contribution in [1.82, 2.24) is 15.1 Å². The zero-order valence-corrected chi connectivity index (χ0v) is 11.7. The summed E-state index contributed by atoms with van der Waals surface area (Å²) in [5.74, 6) is 0.845. The number of nitrogens with one attached hydrogen (secondary N) is 1. The summed E-state index contributed by atoms with van der Waals surface area (Å²) < 4.78 is 0. The summed E-state index contributed by atoms with van der Waals surface area (Å²) in [5, 5.41) is 3.04. The smallest absolute Gasteiger partial charge is 0.317 e. The van der Waals surface area contributed by atoms with Crippen LogP contribution in [0.15, 0.2) is 0 Å². The summed E-state index contributed by atoms with van der Waals surface area (Å²) in [6.45, 7) is 8.64. The van der Waals surface area contributed by atoms with Crippen molar-refractivity contribution < 1.29 is 4.79 Å². The summed E-state index contributed by atoms with van der Waals surface area (Å²) >= 11 is 0. The second kappa shape index (κ2) is 6.98. The molecule has 0 aliphatic carbocycles. The SMILES string of the molecule is CC1CCCN(CCCNC(=O)N2CCCC2)C1. The number of hydrogen-bond donors (Lipinski definition) is 1. The van der Waals surface area contributed by atoms with Gasteiger partial charge in [0.1, 0.15) is 0 Å². The number of hydrogen-bond acceptors (Lipinski definition) is 2. The fourth-order valence-electron chi connectivity index (χ4n) is 3.02. The Morgan fingerprint density at radius 1 is 1.22 bits per heavy atom. The molecule has 1 N–H and O–H groups in total. The van der Waals surface area contributed by atoms with Crippen LogP contribution in [0.1, 0.15) is 39.0 Å². The number of likely N-dealkylation sites (tertiary alicyclic amines) is 2. The molecular weight excluding hydrogens is 226 g/mol. The maximum atomic E-state index is 11.7. The van der Waals surface area contributed by atoms with E-state index in [1.165, 1.54) is 38.8 Å². The first kappa shape index (κ1) is 13.7. The molecule has 0 aromatic heterocycles. The molecule has 1 atom stereocenters. The summed E-state index contributed by atoms with van der Waals surface area (Å²) in [7, 11) is 0. The van der Waals surface area contributed by atoms with Crippen molar-refractivity contribution in [3.05, 3.63) is 0 Å². The van der Waals surface area contributed by atoms with Crippen molar-refractivity contribution in [2.24, 2.45) is 5.92 Å². The Morgan fingerprint density at radius 2 is 2.00 bits per heavy atom. The lowest BCUT2D eigenvalue weighted by atomic mass is 10.0. The van der Waals surface area contributed by atoms with Crippen LogP contribution in [0, 0.1) is 5.92 Å². The Morgan fingerprint density at radius 3 is 2.72 bits per heavy atom. The lowest BCUT2D eigenvalue weighted by molar-refractivity contribution is 0.180. The van der Waals surface area contributed by atoms with Crippen molar-refractivity contribution in [3.8, 4) is 0 Å². The van der Waals surface area contributed by atoms with Gasteiger partial charge in [0.05, 0.1) is 0 Å². The van der Waals surface area contributed by atoms with Crippen LogP contribution in [0.25, 0.3) is 0 Å². The molecule has 2 amide bonds. The molecule has 2 saturated heterocycles. The maximum absolute atomic E-state index is 11.7. The van der Waals surface area contributed by atoms with E-state index in [-0.39, 0.29) is 6.03 Å². The zero-order valence-electron chi connectivity index (χ0n) is 11.7. The molecule has 0 aromatic carbocycles. The normalized spacial score (nSPS) is 25.4. The Hall–Kier alpha value is -0.770. The highest BCUT2D eigenvalue weighted by molar-refractivity contribution is 5.74. The van der Waals surface area contributed by atoms with Gasteiger partial charge in [-0.2, -0.15) is 0 Å². The van der Waals surface area contributed by atoms with E-state index in [0.29, 0.717) is 0 Å². The molecule has 0 spiro atoms. The molecular formula is C14H27N3O. The monoisotopic (exact) mass is 253 g/mol. The van der Waals surface area contributed by atoms with Crippen LogP contribution in [0.2, 0.25) is 0 Å². The van der Waals surface area contributed by atoms with Crippen LogP contribution in [0.4, 0.5) is 4.79 Å². The van der Waals surface area contributed by atoms with Gasteiger partial charge in [-0.25, -0.2) is 4.79 Å². The van der Waals surface area contributed by atoms with Gasteiger partial charge in [0.15, 0.2) is 0 Å². The van der Waals surface area contributed by atoms with Crippen LogP contribution in [0.3, 0.4) is 0 Å². The van der Waals surface area contributed by atoms with Crippen molar-refractivity contribution in [3.63, 3.8) is 0 Å². The van der Waals surface area contributed by atoms with E-state index in [9.17, 15) is 4.79 Å². The summed E-state index contributed by atoms with van der Waals surface area (Å²) in [5.41, 5.74) is 0. The van der Waals surface area contributed by atoms with Crippen LogP contribution in [-0.2, 0) is 0 Å². The van der Waals surface area contributed by atoms with E-state index >= 15 is 0 Å². The Labute approximate surface area is 111 Å². The van der Waals surface area contributed by atoms with Crippen LogP contribution in [-0.4, -0.2) is 55.1 Å². The van der Waals surface area contributed by atoms with Gasteiger partial charge in [0, 0.05) is 26.2 Å². The minimum Gasteiger partial charge on any atom is -0.338 e. The molecule has 2 fully saturated rings. The third kappa shape index (κ3) is 4.16. The predicted molar refractivity (Wildman–Crippen MR) is 73.7 cm³/mol. The van der Waals surface area contributed by atoms with E-state index in [4.69, 9.17) is 0 Å². The van der Waals surface area contributed by atoms with Crippen molar-refractivity contribution in [1.29, 1.82) is 0 Å². The molecule has 2 aliphatic rings. The number of piperidine rings is 1. The molecule has 4 heteroatoms. The van der Waals surface area contributed by atoms with Crippen LogP contribution < -0.4 is 5.32 Å². The van der Waals surface area contributed by atoms with Gasteiger partial charge in [0.2, 0.25) is 0 Å². The maximum Gasteiger partial charge on any atom is 0.317 e. The predicted octanol–water partition coefficient (Wildman–Crippen LogP) is 1.91. The summed E-state index contributed by atoms with van der Waals surface area (Å²) in [6, 6.07) is 0.138. The lowest BCUT2D eigenvalue weighted by Crippen LogP contribution is -2.40. The average molecular weight is 253 g/mol. The van der Waals surface area contributed by atoms with Gasteiger partial charge in [-0.15, -0.1) is 0 Å². The van der Waals surface area contributed by atoms with Crippen molar-refractivity contribution in [2.75, 3.05) is 39.3 Å². The molecule has 0 saturated carbocycles. The van der Waals surface area contributed by atoms with Crippen LogP contribution >= 0.6 is 0 Å². The highest BCUT2D eigenvalue weighted by atomic mass is 16.2. The molecule has 18 heavy (non-hydrogen) atoms. The second-order valence-electron chi connectivity index (χ2n) is 5.83. The highest BCUT2D eigenvalue weighted by Gasteiger charge is 2.18. The largest absolute Gasteiger partial charge is 0.338 e. The first-order valence-corrected chi connectivity index (χ1v) is 7.51. The topological polar surface area (TPSA) is 35.6 Å². The number of carbonyl (C=O) groups excluding carboxylic acids is 1. The van der Waals surface area contributed by atoms with Gasteiger partial charge < -0.3 is 15.1 Å². The molecule has 1 unspecified atom stereocenters. The number of urea groups is 1. The minimum atomic E-state index is 0.138. The van der Waals surface area contributed by atoms with E-state index < -0.39 is 0 Å². The van der Waals surface area contributed by atoms with Gasteiger partial charge in [0.25, 0.3) is 0 Å². The summed E-state index contributed by atoms with van der Waals surface area (Å²) in [6.07, 6.45) is 6.12. The molecule has 0 aromatic rings. The van der Waals surface area contributed by atoms with Gasteiger partial charge in [-0.1, -0.05) is 6.92 Å². The Kier molecular flexibility index (Phi) is 5.29. The van der Waals surface area contributed by atoms with E-state index in [1.54, 1.807) is 0 Å². The fourth-order valence-corrected chi connectivity index (χ4v) is 3.02. The molecule has 2 aliphatic heterocycles. The number of carbonyl (C=O) groups is 1.